The van der Waals surface area contributed by atoms with Crippen molar-refractivity contribution in [2.75, 3.05) is 54.0 Å². The third-order valence-corrected chi connectivity index (χ3v) is 8.56. The van der Waals surface area contributed by atoms with Crippen LogP contribution < -0.4 is 14.7 Å². The lowest BCUT2D eigenvalue weighted by Crippen LogP contribution is -2.46. The van der Waals surface area contributed by atoms with Crippen molar-refractivity contribution in [3.05, 3.63) is 50.4 Å². The van der Waals surface area contributed by atoms with Crippen molar-refractivity contribution < 1.29 is 14.4 Å². The van der Waals surface area contributed by atoms with Crippen LogP contribution in [0.4, 0.5) is 16.0 Å². The van der Waals surface area contributed by atoms with Gasteiger partial charge in [-0.25, -0.2) is 9.97 Å². The normalized spacial score (nSPS) is 16.1. The molecular weight excluding hydrogens is 529 g/mol. The van der Waals surface area contributed by atoms with Crippen LogP contribution in [0.1, 0.15) is 32.2 Å². The highest BCUT2D eigenvalue weighted by Crippen LogP contribution is 2.30. The number of rotatable bonds is 5. The number of hydrogen-bond acceptors (Lipinski definition) is 10. The Morgan fingerprint density at radius 2 is 1.17 bits per heavy atom. The zero-order chi connectivity index (χ0) is 24.8. The molecule has 1 aromatic carbocycles. The molecule has 0 radical (unpaired) electrons. The molecule has 0 amide bonds. The van der Waals surface area contributed by atoms with Gasteiger partial charge in [-0.2, -0.15) is 0 Å². The van der Waals surface area contributed by atoms with Crippen molar-refractivity contribution in [2.24, 2.45) is 0 Å². The van der Waals surface area contributed by atoms with E-state index in [0.29, 0.717) is 47.1 Å². The molecule has 0 spiro atoms. The second-order valence-corrected chi connectivity index (χ2v) is 10.6. The van der Waals surface area contributed by atoms with Crippen LogP contribution >= 0.6 is 45.9 Å². The Hall–Kier alpha value is -2.53. The standard InChI is InChI=1S/C14H14ClN3OS.C9H9ClN2O2S/c15-13-12(10-19)20-14(16-13)18-8-6-17(7-9-18)11-4-2-1-3-5-11;10-8-7(5-13)15-9(11-8)12-3-1-6(14)2-4-12/h1-5,10H,6-9H2;5H,1-4H2. The fraction of sp³-hybridized carbons (Fsp3) is 0.348. The molecule has 35 heavy (non-hydrogen) atoms. The zero-order valence-electron chi connectivity index (χ0n) is 18.7. The number of carbonyl (C=O) groups excluding carboxylic acids is 3. The Morgan fingerprint density at radius 1 is 0.714 bits per heavy atom. The van der Waals surface area contributed by atoms with Crippen LogP contribution in [0.2, 0.25) is 10.3 Å². The van der Waals surface area contributed by atoms with E-state index in [-0.39, 0.29) is 10.9 Å². The van der Waals surface area contributed by atoms with Gasteiger partial charge in [-0.15, -0.1) is 0 Å². The number of carbonyl (C=O) groups is 3. The summed E-state index contributed by atoms with van der Waals surface area (Å²) in [4.78, 5) is 48.3. The van der Waals surface area contributed by atoms with Crippen molar-refractivity contribution >= 4 is 80.2 Å². The summed E-state index contributed by atoms with van der Waals surface area (Å²) < 4.78 is 0. The first kappa shape index (κ1) is 25.6. The molecular formula is C23H23Cl2N5O3S2. The predicted molar refractivity (Wildman–Crippen MR) is 142 cm³/mol. The summed E-state index contributed by atoms with van der Waals surface area (Å²) in [5.41, 5.74) is 1.25. The molecule has 0 bridgehead atoms. The van der Waals surface area contributed by atoms with Gasteiger partial charge >= 0.3 is 0 Å². The van der Waals surface area contributed by atoms with Gasteiger partial charge in [0.2, 0.25) is 0 Å². The number of halogens is 2. The molecule has 12 heteroatoms. The van der Waals surface area contributed by atoms with Crippen LogP contribution in [-0.4, -0.2) is 67.6 Å². The summed E-state index contributed by atoms with van der Waals surface area (Å²) in [6.07, 6.45) is 2.57. The van der Waals surface area contributed by atoms with Crippen LogP contribution in [0.15, 0.2) is 30.3 Å². The number of nitrogens with zero attached hydrogens (tertiary/aromatic N) is 5. The van der Waals surface area contributed by atoms with E-state index in [1.54, 1.807) is 0 Å². The average molecular weight is 553 g/mol. The number of piperazine rings is 1. The van der Waals surface area contributed by atoms with Crippen LogP contribution in [-0.2, 0) is 4.79 Å². The minimum Gasteiger partial charge on any atom is -0.368 e. The van der Waals surface area contributed by atoms with E-state index >= 15 is 0 Å². The van der Waals surface area contributed by atoms with Crippen LogP contribution in [0.25, 0.3) is 0 Å². The van der Waals surface area contributed by atoms with Crippen molar-refractivity contribution in [1.82, 2.24) is 9.97 Å². The Kier molecular flexibility index (Phi) is 8.72. The summed E-state index contributed by atoms with van der Waals surface area (Å²) >= 11 is 14.3. The number of hydrogen-bond donors (Lipinski definition) is 0. The molecule has 0 unspecified atom stereocenters. The number of thiazole rings is 2. The minimum atomic E-state index is 0.252. The maximum atomic E-state index is 11.0. The van der Waals surface area contributed by atoms with Gasteiger partial charge < -0.3 is 14.7 Å². The number of ketones is 1. The number of benzene rings is 1. The second-order valence-electron chi connectivity index (χ2n) is 7.87. The van der Waals surface area contributed by atoms with Crippen molar-refractivity contribution in [3.63, 3.8) is 0 Å². The number of Topliss-reactive ketones (excluding diaryl/α,β-unsaturated/α-hetero) is 1. The molecule has 2 aromatic heterocycles. The Bertz CT molecular complexity index is 1170. The number of anilines is 3. The van der Waals surface area contributed by atoms with Crippen molar-refractivity contribution in [1.29, 1.82) is 0 Å². The van der Waals surface area contributed by atoms with Gasteiger partial charge in [-0.05, 0) is 12.1 Å². The molecule has 2 saturated heterocycles. The van der Waals surface area contributed by atoms with Gasteiger partial charge in [0.15, 0.2) is 33.1 Å². The largest absolute Gasteiger partial charge is 0.368 e. The van der Waals surface area contributed by atoms with Gasteiger partial charge in [-0.3, -0.25) is 14.4 Å². The molecule has 0 saturated carbocycles. The lowest BCUT2D eigenvalue weighted by atomic mass is 10.1. The average Bonchev–Trinajstić information content (AvgIpc) is 3.47. The Balaban J connectivity index is 0.000000172. The van der Waals surface area contributed by atoms with Gasteiger partial charge in [-0.1, -0.05) is 64.1 Å². The predicted octanol–water partition coefficient (Wildman–Crippen LogP) is 4.71. The first-order valence-corrected chi connectivity index (χ1v) is 13.4. The molecule has 8 nitrogen and oxygen atoms in total. The first-order valence-electron chi connectivity index (χ1n) is 11.0. The summed E-state index contributed by atoms with van der Waals surface area (Å²) in [6, 6.07) is 10.4. The topological polar surface area (TPSA) is 86.7 Å². The van der Waals surface area contributed by atoms with Gasteiger partial charge in [0.1, 0.15) is 15.5 Å². The second kappa shape index (κ2) is 11.9. The van der Waals surface area contributed by atoms with Gasteiger partial charge in [0.25, 0.3) is 0 Å². The smallest absolute Gasteiger partial charge is 0.187 e. The quantitative estimate of drug-likeness (QED) is 0.421. The van der Waals surface area contributed by atoms with E-state index in [1.165, 1.54) is 28.4 Å². The van der Waals surface area contributed by atoms with Gasteiger partial charge in [0, 0.05) is 57.8 Å². The number of piperidine rings is 1. The lowest BCUT2D eigenvalue weighted by molar-refractivity contribution is -0.119. The highest BCUT2D eigenvalue weighted by atomic mass is 35.5. The summed E-state index contributed by atoms with van der Waals surface area (Å²) in [5.74, 6) is 0.282. The third kappa shape index (κ3) is 6.38. The van der Waals surface area contributed by atoms with Crippen LogP contribution in [0.3, 0.4) is 0 Å². The third-order valence-electron chi connectivity index (χ3n) is 5.67. The van der Waals surface area contributed by atoms with E-state index < -0.39 is 0 Å². The highest BCUT2D eigenvalue weighted by Gasteiger charge is 2.22. The number of aromatic nitrogens is 2. The molecule has 4 heterocycles. The maximum Gasteiger partial charge on any atom is 0.187 e. The molecule has 0 atom stereocenters. The van der Waals surface area contributed by atoms with Gasteiger partial charge in [0.05, 0.1) is 0 Å². The molecule has 2 aliphatic rings. The van der Waals surface area contributed by atoms with E-state index in [1.807, 2.05) is 11.0 Å². The summed E-state index contributed by atoms with van der Waals surface area (Å²) in [6.45, 7) is 4.99. The summed E-state index contributed by atoms with van der Waals surface area (Å²) in [7, 11) is 0. The van der Waals surface area contributed by atoms with Crippen LogP contribution in [0.5, 0.6) is 0 Å². The van der Waals surface area contributed by atoms with E-state index in [2.05, 4.69) is 44.0 Å². The molecule has 0 aliphatic carbocycles. The molecule has 3 aromatic rings. The van der Waals surface area contributed by atoms with E-state index in [0.717, 1.165) is 42.7 Å². The molecule has 0 N–H and O–H groups in total. The Morgan fingerprint density at radius 3 is 1.63 bits per heavy atom. The van der Waals surface area contributed by atoms with Crippen molar-refractivity contribution in [3.8, 4) is 0 Å². The van der Waals surface area contributed by atoms with E-state index in [4.69, 9.17) is 23.2 Å². The minimum absolute atomic E-state index is 0.252. The number of aldehydes is 2. The zero-order valence-corrected chi connectivity index (χ0v) is 21.9. The fourth-order valence-corrected chi connectivity index (χ4v) is 5.99. The Labute approximate surface area is 221 Å². The molecule has 184 valence electrons. The first-order chi connectivity index (χ1) is 17.0. The SMILES string of the molecule is O=Cc1sc(N2CCC(=O)CC2)nc1Cl.O=Cc1sc(N2CCN(c3ccccc3)CC2)nc1Cl. The maximum absolute atomic E-state index is 11.0. The van der Waals surface area contributed by atoms with E-state index in [9.17, 15) is 14.4 Å². The van der Waals surface area contributed by atoms with Crippen molar-refractivity contribution in [2.45, 2.75) is 12.8 Å². The summed E-state index contributed by atoms with van der Waals surface area (Å²) in [5, 5.41) is 2.13. The molecule has 2 aliphatic heterocycles. The lowest BCUT2D eigenvalue weighted by Gasteiger charge is -2.35. The highest BCUT2D eigenvalue weighted by molar-refractivity contribution is 7.18. The monoisotopic (exact) mass is 551 g/mol. The number of para-hydroxylation sites is 1. The molecule has 2 fully saturated rings. The fourth-order valence-electron chi connectivity index (χ4n) is 3.76. The van der Waals surface area contributed by atoms with Crippen LogP contribution in [0, 0.1) is 0 Å². The molecule has 5 rings (SSSR count).